The molecule has 3 fully saturated rings. The lowest BCUT2D eigenvalue weighted by Crippen LogP contribution is -2.59. The third kappa shape index (κ3) is 3.36. The normalized spacial score (nSPS) is 36.4. The highest BCUT2D eigenvalue weighted by molar-refractivity contribution is 8.02. The second kappa shape index (κ2) is 8.46. The molecule has 3 saturated heterocycles. The molecule has 0 aromatic rings. The van der Waals surface area contributed by atoms with E-state index in [1.807, 2.05) is 27.7 Å². The quantitative estimate of drug-likeness (QED) is 0.542. The van der Waals surface area contributed by atoms with Gasteiger partial charge in [0.2, 0.25) is 17.7 Å². The Morgan fingerprint density at radius 3 is 2.55 bits per heavy atom. The molecule has 164 valence electrons. The lowest BCUT2D eigenvalue weighted by molar-refractivity contribution is -0.143. The van der Waals surface area contributed by atoms with Gasteiger partial charge in [-0.2, -0.15) is 0 Å². The highest BCUT2D eigenvalue weighted by atomic mass is 32.2. The average molecular weight is 426 g/mol. The summed E-state index contributed by atoms with van der Waals surface area (Å²) in [7, 11) is 0. The van der Waals surface area contributed by atoms with Crippen LogP contribution in [0.25, 0.3) is 0 Å². The zero-order chi connectivity index (χ0) is 21.5. The molecule has 0 aromatic carbocycles. The first-order valence-corrected chi connectivity index (χ1v) is 11.8. The van der Waals surface area contributed by atoms with Crippen LogP contribution in [0.5, 0.6) is 0 Å². The molecule has 1 spiro atoms. The zero-order valence-electron chi connectivity index (χ0n) is 18.1. The first-order valence-electron chi connectivity index (χ1n) is 10.9. The Bertz CT molecular complexity index is 668. The topological polar surface area (TPSA) is 98.7 Å². The van der Waals surface area contributed by atoms with Crippen molar-refractivity contribution in [2.75, 3.05) is 13.2 Å². The number of nitrogens with one attached hydrogen (secondary N) is 2. The van der Waals surface area contributed by atoms with Gasteiger partial charge < -0.3 is 20.6 Å². The van der Waals surface area contributed by atoms with Crippen molar-refractivity contribution in [3.05, 3.63) is 0 Å². The summed E-state index contributed by atoms with van der Waals surface area (Å²) in [4.78, 5) is 41.7. The lowest BCUT2D eigenvalue weighted by atomic mass is 9.66. The van der Waals surface area contributed by atoms with Crippen LogP contribution in [-0.2, 0) is 14.4 Å². The number of carbonyl (C=O) groups excluding carboxylic acids is 3. The summed E-state index contributed by atoms with van der Waals surface area (Å²) >= 11 is 1.67. The Morgan fingerprint density at radius 2 is 2.00 bits per heavy atom. The molecule has 3 rings (SSSR count). The van der Waals surface area contributed by atoms with Gasteiger partial charge in [0.1, 0.15) is 6.04 Å². The van der Waals surface area contributed by atoms with Gasteiger partial charge >= 0.3 is 0 Å². The van der Waals surface area contributed by atoms with Gasteiger partial charge in [-0.1, -0.05) is 20.8 Å². The number of amides is 3. The van der Waals surface area contributed by atoms with Gasteiger partial charge in [-0.05, 0) is 39.0 Å². The second-order valence-electron chi connectivity index (χ2n) is 9.00. The molecule has 3 heterocycles. The van der Waals surface area contributed by atoms with Gasteiger partial charge in [0, 0.05) is 17.8 Å². The zero-order valence-corrected chi connectivity index (χ0v) is 18.9. The third-order valence-corrected chi connectivity index (χ3v) is 8.87. The van der Waals surface area contributed by atoms with E-state index in [0.29, 0.717) is 13.0 Å². The van der Waals surface area contributed by atoms with E-state index in [1.165, 1.54) is 0 Å². The number of carbonyl (C=O) groups is 3. The molecule has 3 N–H and O–H groups in total. The highest BCUT2D eigenvalue weighted by Crippen LogP contribution is 2.68. The Kier molecular flexibility index (Phi) is 6.53. The average Bonchev–Trinajstić information content (AvgIpc) is 3.25. The Balaban J connectivity index is 2.06. The minimum absolute atomic E-state index is 0.0494. The molecule has 0 aromatic heterocycles. The van der Waals surface area contributed by atoms with Crippen molar-refractivity contribution >= 4 is 29.5 Å². The van der Waals surface area contributed by atoms with Gasteiger partial charge in [0.15, 0.2) is 0 Å². The third-order valence-electron chi connectivity index (χ3n) is 6.79. The van der Waals surface area contributed by atoms with Crippen LogP contribution in [0.2, 0.25) is 0 Å². The van der Waals surface area contributed by atoms with Crippen LogP contribution in [0.15, 0.2) is 0 Å². The van der Waals surface area contributed by atoms with Gasteiger partial charge in [-0.15, -0.1) is 11.8 Å². The number of likely N-dealkylation sites (tertiary alicyclic amines) is 1. The number of fused-ring (bicyclic) bond motifs is 1. The molecule has 0 saturated carbocycles. The minimum atomic E-state index is -0.659. The first kappa shape index (κ1) is 22.4. The van der Waals surface area contributed by atoms with Crippen molar-refractivity contribution in [2.24, 2.45) is 17.8 Å². The number of nitrogens with zero attached hydrogens (tertiary/aromatic N) is 1. The van der Waals surface area contributed by atoms with Crippen molar-refractivity contribution in [3.63, 3.8) is 0 Å². The van der Waals surface area contributed by atoms with E-state index in [2.05, 4.69) is 17.6 Å². The SMILES string of the molecule is CCCNC(=O)[C@@H]1[C@@H]2CC(C)C3(S2)C(C(=O)NC(C)C)N([C@@H](CC)CO)C(=O)[C@H]13. The maximum Gasteiger partial charge on any atom is 0.244 e. The van der Waals surface area contributed by atoms with Crippen LogP contribution < -0.4 is 10.6 Å². The molecule has 3 amide bonds. The minimum Gasteiger partial charge on any atom is -0.394 e. The van der Waals surface area contributed by atoms with Gasteiger partial charge in [0.05, 0.1) is 29.2 Å². The van der Waals surface area contributed by atoms with E-state index in [0.717, 1.165) is 12.8 Å². The molecular weight excluding hydrogens is 390 g/mol. The van der Waals surface area contributed by atoms with E-state index in [-0.39, 0.29) is 41.5 Å². The van der Waals surface area contributed by atoms with Crippen LogP contribution in [0.3, 0.4) is 0 Å². The molecular formula is C21H35N3O4S. The van der Waals surface area contributed by atoms with Gasteiger partial charge in [-0.25, -0.2) is 0 Å². The maximum absolute atomic E-state index is 13.7. The number of aliphatic hydroxyl groups is 1. The van der Waals surface area contributed by atoms with Gasteiger partial charge in [-0.3, -0.25) is 14.4 Å². The largest absolute Gasteiger partial charge is 0.394 e. The molecule has 3 aliphatic heterocycles. The number of aliphatic hydroxyl groups excluding tert-OH is 1. The molecule has 0 aliphatic carbocycles. The van der Waals surface area contributed by atoms with E-state index in [1.54, 1.807) is 16.7 Å². The summed E-state index contributed by atoms with van der Waals surface area (Å²) in [5.74, 6) is -1.16. The first-order chi connectivity index (χ1) is 13.7. The fourth-order valence-electron chi connectivity index (χ4n) is 5.60. The Morgan fingerprint density at radius 1 is 1.31 bits per heavy atom. The van der Waals surface area contributed by atoms with Crippen LogP contribution >= 0.6 is 11.8 Å². The number of rotatable bonds is 8. The fraction of sp³-hybridized carbons (Fsp3) is 0.857. The summed E-state index contributed by atoms with van der Waals surface area (Å²) < 4.78 is -0.614. The summed E-state index contributed by atoms with van der Waals surface area (Å²) in [6.07, 6.45) is 2.23. The van der Waals surface area contributed by atoms with Crippen LogP contribution in [0.1, 0.15) is 53.9 Å². The fourth-order valence-corrected chi connectivity index (χ4v) is 8.00. The number of hydrogen-bond donors (Lipinski definition) is 3. The smallest absolute Gasteiger partial charge is 0.244 e. The number of thioether (sulfide) groups is 1. The summed E-state index contributed by atoms with van der Waals surface area (Å²) in [6.45, 7) is 10.2. The van der Waals surface area contributed by atoms with Crippen LogP contribution in [0.4, 0.5) is 0 Å². The van der Waals surface area contributed by atoms with E-state index >= 15 is 0 Å². The maximum atomic E-state index is 13.7. The molecule has 2 bridgehead atoms. The Hall–Kier alpha value is -1.28. The van der Waals surface area contributed by atoms with Crippen LogP contribution in [-0.4, -0.2) is 69.0 Å². The summed E-state index contributed by atoms with van der Waals surface area (Å²) in [5, 5.41) is 16.0. The molecule has 3 unspecified atom stereocenters. The predicted octanol–water partition coefficient (Wildman–Crippen LogP) is 1.15. The standard InChI is InChI=1S/C21H35N3O4S/c1-6-8-22-18(26)15-14-9-12(5)21(29-14)16(15)20(28)24(13(7-2)10-25)17(21)19(27)23-11(3)4/h11-17,25H,6-10H2,1-5H3,(H,22,26)(H,23,27)/t12?,13-,14-,15+,16-,17?,21?/m0/s1. The Labute approximate surface area is 177 Å². The van der Waals surface area contributed by atoms with Crippen molar-refractivity contribution in [1.82, 2.24) is 15.5 Å². The van der Waals surface area contributed by atoms with E-state index < -0.39 is 28.7 Å². The van der Waals surface area contributed by atoms with Crippen molar-refractivity contribution in [1.29, 1.82) is 0 Å². The van der Waals surface area contributed by atoms with Crippen LogP contribution in [0, 0.1) is 17.8 Å². The molecule has 3 aliphatic rings. The van der Waals surface area contributed by atoms with Crippen molar-refractivity contribution in [2.45, 2.75) is 82.0 Å². The monoisotopic (exact) mass is 425 g/mol. The van der Waals surface area contributed by atoms with Gasteiger partial charge in [0.25, 0.3) is 0 Å². The van der Waals surface area contributed by atoms with Crippen molar-refractivity contribution < 1.29 is 19.5 Å². The summed E-state index contributed by atoms with van der Waals surface area (Å²) in [6, 6.07) is -1.13. The number of hydrogen-bond acceptors (Lipinski definition) is 5. The molecule has 8 heteroatoms. The second-order valence-corrected chi connectivity index (χ2v) is 10.5. The molecule has 7 nitrogen and oxygen atoms in total. The van der Waals surface area contributed by atoms with E-state index in [9.17, 15) is 19.5 Å². The molecule has 29 heavy (non-hydrogen) atoms. The summed E-state index contributed by atoms with van der Waals surface area (Å²) in [5.41, 5.74) is 0. The molecule has 0 radical (unpaired) electrons. The molecule has 7 atom stereocenters. The van der Waals surface area contributed by atoms with E-state index in [4.69, 9.17) is 0 Å². The van der Waals surface area contributed by atoms with Crippen molar-refractivity contribution in [3.8, 4) is 0 Å². The highest BCUT2D eigenvalue weighted by Gasteiger charge is 2.76. The lowest BCUT2D eigenvalue weighted by Gasteiger charge is -2.40. The predicted molar refractivity (Wildman–Crippen MR) is 113 cm³/mol.